The molecular formula is C20H17ClN2O4S. The first-order valence-corrected chi connectivity index (χ1v) is 10.1. The fraction of sp³-hybridized carbons (Fsp3) is 0.0500. The van der Waals surface area contributed by atoms with E-state index in [9.17, 15) is 13.2 Å². The molecule has 3 aromatic carbocycles. The Kier molecular flexibility index (Phi) is 5.87. The zero-order valence-corrected chi connectivity index (χ0v) is 16.4. The number of ether oxygens (including phenoxy) is 1. The SMILES string of the molecule is COc1ccc(Cl)cc1NC(=O)c1cccc(NS(=O)(=O)c2ccccc2)c1. The van der Waals surface area contributed by atoms with E-state index in [4.69, 9.17) is 16.3 Å². The molecule has 0 saturated carbocycles. The standard InChI is InChI=1S/C20H17ClN2O4S/c1-27-19-11-10-15(21)13-18(19)22-20(24)14-6-5-7-16(12-14)23-28(25,26)17-8-3-2-4-9-17/h2-13,23H,1H3,(H,22,24). The van der Waals surface area contributed by atoms with Crippen molar-refractivity contribution in [2.45, 2.75) is 4.90 Å². The predicted molar refractivity (Wildman–Crippen MR) is 110 cm³/mol. The van der Waals surface area contributed by atoms with Crippen LogP contribution in [0.1, 0.15) is 10.4 Å². The molecule has 0 spiro atoms. The Morgan fingerprint density at radius 3 is 2.43 bits per heavy atom. The first kappa shape index (κ1) is 19.7. The maximum absolute atomic E-state index is 12.6. The molecule has 0 heterocycles. The van der Waals surface area contributed by atoms with Gasteiger partial charge in [0.15, 0.2) is 0 Å². The van der Waals surface area contributed by atoms with Crippen molar-refractivity contribution in [3.05, 3.63) is 83.4 Å². The van der Waals surface area contributed by atoms with Crippen molar-refractivity contribution >= 4 is 38.9 Å². The van der Waals surface area contributed by atoms with Gasteiger partial charge >= 0.3 is 0 Å². The lowest BCUT2D eigenvalue weighted by atomic mass is 10.2. The number of methoxy groups -OCH3 is 1. The maximum Gasteiger partial charge on any atom is 0.261 e. The third-order valence-corrected chi connectivity index (χ3v) is 5.47. The van der Waals surface area contributed by atoms with Crippen LogP contribution in [0.15, 0.2) is 77.7 Å². The summed E-state index contributed by atoms with van der Waals surface area (Å²) in [7, 11) is -2.27. The van der Waals surface area contributed by atoms with Crippen LogP contribution in [0.4, 0.5) is 11.4 Å². The molecule has 0 aromatic heterocycles. The molecule has 0 aliphatic carbocycles. The van der Waals surface area contributed by atoms with Crippen molar-refractivity contribution in [2.75, 3.05) is 17.1 Å². The van der Waals surface area contributed by atoms with E-state index in [2.05, 4.69) is 10.0 Å². The number of nitrogens with one attached hydrogen (secondary N) is 2. The van der Waals surface area contributed by atoms with Crippen molar-refractivity contribution < 1.29 is 17.9 Å². The van der Waals surface area contributed by atoms with Crippen molar-refractivity contribution in [3.63, 3.8) is 0 Å². The first-order chi connectivity index (χ1) is 13.4. The van der Waals surface area contributed by atoms with E-state index in [1.165, 1.54) is 25.3 Å². The fourth-order valence-corrected chi connectivity index (χ4v) is 3.75. The first-order valence-electron chi connectivity index (χ1n) is 8.22. The van der Waals surface area contributed by atoms with Crippen LogP contribution in [0.25, 0.3) is 0 Å². The Labute approximate surface area is 168 Å². The van der Waals surface area contributed by atoms with Crippen LogP contribution in [0.3, 0.4) is 0 Å². The van der Waals surface area contributed by atoms with Crippen LogP contribution >= 0.6 is 11.6 Å². The van der Waals surface area contributed by atoms with Crippen molar-refractivity contribution in [2.24, 2.45) is 0 Å². The van der Waals surface area contributed by atoms with Gasteiger partial charge < -0.3 is 10.1 Å². The Hall–Kier alpha value is -3.03. The minimum Gasteiger partial charge on any atom is -0.495 e. The van der Waals surface area contributed by atoms with Crippen LogP contribution in [0.5, 0.6) is 5.75 Å². The molecule has 0 saturated heterocycles. The lowest BCUT2D eigenvalue weighted by Gasteiger charge is -2.12. The van der Waals surface area contributed by atoms with Gasteiger partial charge in [-0.2, -0.15) is 0 Å². The van der Waals surface area contributed by atoms with E-state index < -0.39 is 15.9 Å². The molecule has 0 unspecified atom stereocenters. The monoisotopic (exact) mass is 416 g/mol. The minimum absolute atomic E-state index is 0.133. The van der Waals surface area contributed by atoms with Crippen molar-refractivity contribution in [1.82, 2.24) is 0 Å². The van der Waals surface area contributed by atoms with E-state index in [1.807, 2.05) is 0 Å². The van der Waals surface area contributed by atoms with Crippen LogP contribution in [0, 0.1) is 0 Å². The van der Waals surface area contributed by atoms with Gasteiger partial charge in [0.2, 0.25) is 0 Å². The Bertz CT molecular complexity index is 1100. The molecule has 8 heteroatoms. The molecule has 0 aliphatic rings. The van der Waals surface area contributed by atoms with E-state index in [-0.39, 0.29) is 16.1 Å². The van der Waals surface area contributed by atoms with E-state index in [1.54, 1.807) is 54.6 Å². The molecule has 2 N–H and O–H groups in total. The number of amides is 1. The predicted octanol–water partition coefficient (Wildman–Crippen LogP) is 4.40. The highest BCUT2D eigenvalue weighted by Crippen LogP contribution is 2.28. The lowest BCUT2D eigenvalue weighted by Crippen LogP contribution is -2.15. The molecule has 0 bridgehead atoms. The normalized spacial score (nSPS) is 10.9. The second-order valence-corrected chi connectivity index (χ2v) is 7.92. The highest BCUT2D eigenvalue weighted by atomic mass is 35.5. The number of sulfonamides is 1. The Balaban J connectivity index is 1.82. The van der Waals surface area contributed by atoms with Crippen LogP contribution in [-0.2, 0) is 10.0 Å². The third-order valence-electron chi connectivity index (χ3n) is 3.84. The van der Waals surface area contributed by atoms with Crippen molar-refractivity contribution in [3.8, 4) is 5.75 Å². The average Bonchev–Trinajstić information content (AvgIpc) is 2.69. The summed E-state index contributed by atoms with van der Waals surface area (Å²) >= 11 is 5.98. The van der Waals surface area contributed by atoms with Gasteiger partial charge in [0.1, 0.15) is 5.75 Å². The quantitative estimate of drug-likeness (QED) is 0.623. The second kappa shape index (κ2) is 8.33. The van der Waals surface area contributed by atoms with Crippen LogP contribution < -0.4 is 14.8 Å². The van der Waals surface area contributed by atoms with E-state index in [0.717, 1.165) is 0 Å². The summed E-state index contributed by atoms with van der Waals surface area (Å²) in [6, 6.07) is 19.0. The van der Waals surface area contributed by atoms with Gasteiger partial charge in [0, 0.05) is 16.3 Å². The third kappa shape index (κ3) is 4.62. The zero-order chi connectivity index (χ0) is 20.1. The van der Waals surface area contributed by atoms with Gasteiger partial charge in [0.05, 0.1) is 17.7 Å². The Morgan fingerprint density at radius 2 is 1.71 bits per heavy atom. The molecule has 3 rings (SSSR count). The maximum atomic E-state index is 12.6. The molecule has 1 amide bonds. The van der Waals surface area contributed by atoms with E-state index in [0.29, 0.717) is 16.5 Å². The van der Waals surface area contributed by atoms with Gasteiger partial charge in [-0.1, -0.05) is 35.9 Å². The summed E-state index contributed by atoms with van der Waals surface area (Å²) in [6.45, 7) is 0. The number of benzene rings is 3. The average molecular weight is 417 g/mol. The molecule has 3 aromatic rings. The van der Waals surface area contributed by atoms with E-state index >= 15 is 0 Å². The number of halogens is 1. The summed E-state index contributed by atoms with van der Waals surface area (Å²) in [5.74, 6) is 0.0278. The summed E-state index contributed by atoms with van der Waals surface area (Å²) in [5, 5.41) is 3.16. The van der Waals surface area contributed by atoms with Crippen LogP contribution in [0.2, 0.25) is 5.02 Å². The second-order valence-electron chi connectivity index (χ2n) is 5.80. The topological polar surface area (TPSA) is 84.5 Å². The number of anilines is 2. The van der Waals surface area contributed by atoms with Gasteiger partial charge in [-0.05, 0) is 48.5 Å². The number of hydrogen-bond donors (Lipinski definition) is 2. The number of carbonyl (C=O) groups is 1. The van der Waals surface area contributed by atoms with Gasteiger partial charge in [-0.25, -0.2) is 8.42 Å². The molecule has 0 radical (unpaired) electrons. The van der Waals surface area contributed by atoms with Crippen molar-refractivity contribution in [1.29, 1.82) is 0 Å². The van der Waals surface area contributed by atoms with Gasteiger partial charge in [-0.3, -0.25) is 9.52 Å². The highest BCUT2D eigenvalue weighted by Gasteiger charge is 2.15. The summed E-state index contributed by atoms with van der Waals surface area (Å²) in [4.78, 5) is 12.7. The van der Waals surface area contributed by atoms with Crippen LogP contribution in [-0.4, -0.2) is 21.4 Å². The van der Waals surface area contributed by atoms with Gasteiger partial charge in [-0.15, -0.1) is 0 Å². The molecule has 144 valence electrons. The summed E-state index contributed by atoms with van der Waals surface area (Å²) in [6.07, 6.45) is 0. The number of hydrogen-bond acceptors (Lipinski definition) is 4. The summed E-state index contributed by atoms with van der Waals surface area (Å²) in [5.41, 5.74) is 0.958. The number of carbonyl (C=O) groups excluding carboxylic acids is 1. The molecule has 28 heavy (non-hydrogen) atoms. The largest absolute Gasteiger partial charge is 0.495 e. The molecule has 6 nitrogen and oxygen atoms in total. The molecule has 0 aliphatic heterocycles. The highest BCUT2D eigenvalue weighted by molar-refractivity contribution is 7.92. The molecule has 0 atom stereocenters. The van der Waals surface area contributed by atoms with Gasteiger partial charge in [0.25, 0.3) is 15.9 Å². The number of rotatable bonds is 6. The smallest absolute Gasteiger partial charge is 0.261 e. The zero-order valence-electron chi connectivity index (χ0n) is 14.8. The lowest BCUT2D eigenvalue weighted by molar-refractivity contribution is 0.102. The minimum atomic E-state index is -3.75. The molecule has 0 fully saturated rings. The Morgan fingerprint density at radius 1 is 0.964 bits per heavy atom. The fourth-order valence-electron chi connectivity index (χ4n) is 2.51. The molecular weight excluding hydrogens is 400 g/mol. The summed E-state index contributed by atoms with van der Waals surface area (Å²) < 4.78 is 32.6.